The van der Waals surface area contributed by atoms with Gasteiger partial charge in [0.1, 0.15) is 0 Å². The van der Waals surface area contributed by atoms with Crippen LogP contribution in [0.3, 0.4) is 0 Å². The monoisotopic (exact) mass is 444 g/mol. The summed E-state index contributed by atoms with van der Waals surface area (Å²) >= 11 is 7.47. The maximum Gasteiger partial charge on any atom is 0.192 e. The van der Waals surface area contributed by atoms with Crippen LogP contribution < -0.4 is 0 Å². The Morgan fingerprint density at radius 3 is 2.67 bits per heavy atom. The van der Waals surface area contributed by atoms with Crippen LogP contribution in [0, 0.1) is 13.8 Å². The SMILES string of the molecule is Cc1cc(C(=O)CSc2nnc(-c3ccc(Cl)cc3)n2C[C@@H]2CCCO2)c(C)n1C. The van der Waals surface area contributed by atoms with E-state index in [0.717, 1.165) is 52.9 Å². The third-order valence-electron chi connectivity index (χ3n) is 5.64. The first-order chi connectivity index (χ1) is 14.4. The minimum Gasteiger partial charge on any atom is -0.376 e. The zero-order valence-electron chi connectivity index (χ0n) is 17.4. The second kappa shape index (κ2) is 8.96. The summed E-state index contributed by atoms with van der Waals surface area (Å²) in [6.45, 7) is 5.44. The molecule has 30 heavy (non-hydrogen) atoms. The van der Waals surface area contributed by atoms with Crippen molar-refractivity contribution in [3.63, 3.8) is 0 Å². The minimum atomic E-state index is 0.0981. The molecule has 4 rings (SSSR count). The molecule has 6 nitrogen and oxygen atoms in total. The van der Waals surface area contributed by atoms with Gasteiger partial charge in [0.15, 0.2) is 16.8 Å². The number of benzene rings is 1. The van der Waals surface area contributed by atoms with Crippen molar-refractivity contribution in [1.29, 1.82) is 0 Å². The Morgan fingerprint density at radius 2 is 2.03 bits per heavy atom. The van der Waals surface area contributed by atoms with Crippen LogP contribution in [-0.2, 0) is 18.3 Å². The topological polar surface area (TPSA) is 61.9 Å². The van der Waals surface area contributed by atoms with E-state index in [0.29, 0.717) is 17.3 Å². The number of thioether (sulfide) groups is 1. The number of hydrogen-bond donors (Lipinski definition) is 0. The van der Waals surface area contributed by atoms with Crippen LogP contribution in [0.15, 0.2) is 35.5 Å². The molecule has 1 fully saturated rings. The molecule has 0 spiro atoms. The van der Waals surface area contributed by atoms with E-state index in [2.05, 4.69) is 14.8 Å². The number of ether oxygens (including phenoxy) is 1. The van der Waals surface area contributed by atoms with Crippen LogP contribution in [0.5, 0.6) is 0 Å². The van der Waals surface area contributed by atoms with Crippen LogP contribution in [0.4, 0.5) is 0 Å². The van der Waals surface area contributed by atoms with E-state index in [1.54, 1.807) is 0 Å². The number of carbonyl (C=O) groups excluding carboxylic acids is 1. The van der Waals surface area contributed by atoms with E-state index in [4.69, 9.17) is 16.3 Å². The normalized spacial score (nSPS) is 16.3. The number of hydrogen-bond acceptors (Lipinski definition) is 5. The number of halogens is 1. The van der Waals surface area contributed by atoms with Crippen molar-refractivity contribution in [2.24, 2.45) is 7.05 Å². The Kier molecular flexibility index (Phi) is 6.32. The molecule has 1 aliphatic rings. The lowest BCUT2D eigenvalue weighted by Gasteiger charge is -2.14. The van der Waals surface area contributed by atoms with E-state index < -0.39 is 0 Å². The summed E-state index contributed by atoms with van der Waals surface area (Å²) in [6, 6.07) is 9.52. The van der Waals surface area contributed by atoms with Gasteiger partial charge in [-0.2, -0.15) is 0 Å². The Bertz CT molecular complexity index is 1050. The molecule has 0 bridgehead atoms. The van der Waals surface area contributed by atoms with Gasteiger partial charge in [-0.1, -0.05) is 23.4 Å². The number of Topliss-reactive ketones (excluding diaryl/α,β-unsaturated/α-hetero) is 1. The first-order valence-corrected chi connectivity index (χ1v) is 11.4. The highest BCUT2D eigenvalue weighted by Crippen LogP contribution is 2.28. The van der Waals surface area contributed by atoms with E-state index in [1.807, 2.05) is 55.8 Å². The number of carbonyl (C=O) groups is 1. The quantitative estimate of drug-likeness (QED) is 0.390. The number of rotatable bonds is 7. The molecule has 0 amide bonds. The lowest BCUT2D eigenvalue weighted by atomic mass is 10.2. The summed E-state index contributed by atoms with van der Waals surface area (Å²) < 4.78 is 9.95. The van der Waals surface area contributed by atoms with Crippen LogP contribution in [0.25, 0.3) is 11.4 Å². The average molecular weight is 445 g/mol. The lowest BCUT2D eigenvalue weighted by molar-refractivity contribution is 0.0953. The van der Waals surface area contributed by atoms with Gasteiger partial charge in [-0.15, -0.1) is 10.2 Å². The van der Waals surface area contributed by atoms with Gasteiger partial charge >= 0.3 is 0 Å². The van der Waals surface area contributed by atoms with Crippen LogP contribution in [-0.4, -0.2) is 43.6 Å². The molecule has 1 saturated heterocycles. The molecule has 1 atom stereocenters. The smallest absolute Gasteiger partial charge is 0.192 e. The van der Waals surface area contributed by atoms with Crippen molar-refractivity contribution >= 4 is 29.1 Å². The molecule has 1 aliphatic heterocycles. The molecule has 0 radical (unpaired) electrons. The average Bonchev–Trinajstić information content (AvgIpc) is 3.45. The van der Waals surface area contributed by atoms with Gasteiger partial charge in [-0.05, 0) is 57.0 Å². The Labute approximate surface area is 185 Å². The lowest BCUT2D eigenvalue weighted by Crippen LogP contribution is -2.17. The summed E-state index contributed by atoms with van der Waals surface area (Å²) in [6.07, 6.45) is 2.22. The van der Waals surface area contributed by atoms with Crippen molar-refractivity contribution in [1.82, 2.24) is 19.3 Å². The molecule has 0 aliphatic carbocycles. The van der Waals surface area contributed by atoms with Crippen LogP contribution in [0.1, 0.15) is 34.6 Å². The van der Waals surface area contributed by atoms with Crippen molar-refractivity contribution < 1.29 is 9.53 Å². The van der Waals surface area contributed by atoms with Gasteiger partial charge in [0.05, 0.1) is 18.4 Å². The molecule has 8 heteroatoms. The molecule has 3 heterocycles. The molecule has 0 saturated carbocycles. The van der Waals surface area contributed by atoms with Crippen molar-refractivity contribution in [2.75, 3.05) is 12.4 Å². The van der Waals surface area contributed by atoms with E-state index in [-0.39, 0.29) is 11.9 Å². The standard InChI is InChI=1S/C22H25ClN4O2S/c1-14-11-19(15(2)26(14)3)20(28)13-30-22-25-24-21(16-6-8-17(23)9-7-16)27(22)12-18-5-4-10-29-18/h6-9,11,18H,4-5,10,12-13H2,1-3H3/t18-/m0/s1. The third kappa shape index (κ3) is 4.33. The molecule has 3 aromatic rings. The maximum atomic E-state index is 12.8. The van der Waals surface area contributed by atoms with Gasteiger partial charge in [-0.25, -0.2) is 0 Å². The molecule has 1 aromatic carbocycles. The Hall–Kier alpha value is -2.09. The number of aryl methyl sites for hydroxylation is 1. The van der Waals surface area contributed by atoms with E-state index in [1.165, 1.54) is 11.8 Å². The fourth-order valence-corrected chi connectivity index (χ4v) is 4.67. The minimum absolute atomic E-state index is 0.0981. The molecule has 0 N–H and O–H groups in total. The summed E-state index contributed by atoms with van der Waals surface area (Å²) in [5, 5.41) is 10.2. The van der Waals surface area contributed by atoms with Crippen molar-refractivity contribution in [3.05, 3.63) is 52.3 Å². The largest absolute Gasteiger partial charge is 0.376 e. The van der Waals surface area contributed by atoms with Gasteiger partial charge in [0, 0.05) is 41.2 Å². The van der Waals surface area contributed by atoms with Gasteiger partial charge in [0.25, 0.3) is 0 Å². The molecular weight excluding hydrogens is 420 g/mol. The highest BCUT2D eigenvalue weighted by atomic mass is 35.5. The molecule has 2 aromatic heterocycles. The zero-order chi connectivity index (χ0) is 21.3. The van der Waals surface area contributed by atoms with Crippen molar-refractivity contribution in [2.45, 2.75) is 44.5 Å². The summed E-state index contributed by atoms with van der Waals surface area (Å²) in [5.74, 6) is 1.18. The number of nitrogens with zero attached hydrogens (tertiary/aromatic N) is 4. The van der Waals surface area contributed by atoms with Crippen LogP contribution >= 0.6 is 23.4 Å². The second-order valence-corrected chi connectivity index (χ2v) is 8.99. The first-order valence-electron chi connectivity index (χ1n) is 10.0. The number of aromatic nitrogens is 4. The Balaban J connectivity index is 1.58. The fourth-order valence-electron chi connectivity index (χ4n) is 3.71. The van der Waals surface area contributed by atoms with Gasteiger partial charge < -0.3 is 9.30 Å². The first kappa shape index (κ1) is 21.2. The van der Waals surface area contributed by atoms with Crippen molar-refractivity contribution in [3.8, 4) is 11.4 Å². The molecule has 158 valence electrons. The third-order valence-corrected chi connectivity index (χ3v) is 6.86. The maximum absolute atomic E-state index is 12.8. The number of ketones is 1. The summed E-state index contributed by atoms with van der Waals surface area (Å²) in [5.41, 5.74) is 3.77. The predicted molar refractivity (Wildman–Crippen MR) is 119 cm³/mol. The highest BCUT2D eigenvalue weighted by molar-refractivity contribution is 7.99. The molecular formula is C22H25ClN4O2S. The zero-order valence-corrected chi connectivity index (χ0v) is 19.0. The summed E-state index contributed by atoms with van der Waals surface area (Å²) in [7, 11) is 1.98. The summed E-state index contributed by atoms with van der Waals surface area (Å²) in [4.78, 5) is 12.8. The second-order valence-electron chi connectivity index (χ2n) is 7.61. The molecule has 0 unspecified atom stereocenters. The van der Waals surface area contributed by atoms with Gasteiger partial charge in [0.2, 0.25) is 0 Å². The van der Waals surface area contributed by atoms with E-state index >= 15 is 0 Å². The Morgan fingerprint density at radius 1 is 1.27 bits per heavy atom. The fraction of sp³-hybridized carbons (Fsp3) is 0.409. The van der Waals surface area contributed by atoms with E-state index in [9.17, 15) is 4.79 Å². The van der Waals surface area contributed by atoms with Crippen LogP contribution in [0.2, 0.25) is 5.02 Å². The highest BCUT2D eigenvalue weighted by Gasteiger charge is 2.23. The predicted octanol–water partition coefficient (Wildman–Crippen LogP) is 4.71. The van der Waals surface area contributed by atoms with Gasteiger partial charge in [-0.3, -0.25) is 9.36 Å².